The van der Waals surface area contributed by atoms with Crippen molar-refractivity contribution in [3.63, 3.8) is 0 Å². The van der Waals surface area contributed by atoms with Crippen molar-refractivity contribution in [2.75, 3.05) is 0 Å². The number of aryl methyl sites for hydroxylation is 1. The van der Waals surface area contributed by atoms with E-state index in [0.717, 1.165) is 29.1 Å². The Morgan fingerprint density at radius 3 is 2.88 bits per heavy atom. The van der Waals surface area contributed by atoms with Crippen molar-refractivity contribution < 1.29 is 9.32 Å². The third-order valence-electron chi connectivity index (χ3n) is 4.10. The maximum absolute atomic E-state index is 12.7. The highest BCUT2D eigenvalue weighted by molar-refractivity contribution is 5.92. The van der Waals surface area contributed by atoms with Gasteiger partial charge in [-0.2, -0.15) is 0 Å². The zero-order valence-electron chi connectivity index (χ0n) is 13.3. The second-order valence-electron chi connectivity index (χ2n) is 5.72. The van der Waals surface area contributed by atoms with E-state index in [9.17, 15) is 4.79 Å². The molecule has 24 heavy (non-hydrogen) atoms. The zero-order chi connectivity index (χ0) is 16.5. The van der Waals surface area contributed by atoms with Crippen molar-refractivity contribution in [1.82, 2.24) is 20.0 Å². The van der Waals surface area contributed by atoms with E-state index < -0.39 is 0 Å². The molecule has 0 bridgehead atoms. The topological polar surface area (TPSA) is 72.1 Å². The van der Waals surface area contributed by atoms with E-state index in [1.807, 2.05) is 43.5 Å². The van der Waals surface area contributed by atoms with E-state index in [-0.39, 0.29) is 11.7 Å². The fraction of sp³-hybridized carbons (Fsp3) is 0.222. The number of amides is 1. The van der Waals surface area contributed by atoms with E-state index in [1.165, 1.54) is 0 Å². The van der Waals surface area contributed by atoms with Gasteiger partial charge in [-0.15, -0.1) is 0 Å². The lowest BCUT2D eigenvalue weighted by atomic mass is 10.1. The van der Waals surface area contributed by atoms with Gasteiger partial charge in [0.2, 0.25) is 5.76 Å². The van der Waals surface area contributed by atoms with Crippen LogP contribution in [0.5, 0.6) is 0 Å². The number of carbonyl (C=O) groups excluding carboxylic acids is 1. The molecule has 4 rings (SSSR count). The molecule has 1 aliphatic rings. The van der Waals surface area contributed by atoms with E-state index >= 15 is 0 Å². The number of hydrogen-bond acceptors (Lipinski definition) is 5. The number of aromatic nitrogens is 3. The molecule has 1 aromatic carbocycles. The van der Waals surface area contributed by atoms with Crippen LogP contribution in [0.4, 0.5) is 0 Å². The smallest absolute Gasteiger partial charge is 0.293 e. The summed E-state index contributed by atoms with van der Waals surface area (Å²) in [4.78, 5) is 23.2. The number of nitrogens with zero attached hydrogens (tertiary/aromatic N) is 4. The number of benzene rings is 1. The van der Waals surface area contributed by atoms with Crippen molar-refractivity contribution in [3.8, 4) is 11.3 Å². The number of rotatable bonds is 3. The molecule has 3 aromatic rings. The Balaban J connectivity index is 1.54. The minimum Gasteiger partial charge on any atom is -0.350 e. The monoisotopic (exact) mass is 320 g/mol. The van der Waals surface area contributed by atoms with Gasteiger partial charge in [-0.3, -0.25) is 4.79 Å². The first-order valence-corrected chi connectivity index (χ1v) is 7.89. The molecule has 0 spiro atoms. The van der Waals surface area contributed by atoms with Gasteiger partial charge in [-0.05, 0) is 0 Å². The molecular formula is C18H16N4O2. The van der Waals surface area contributed by atoms with Crippen LogP contribution in [-0.4, -0.2) is 25.9 Å². The first kappa shape index (κ1) is 14.6. The van der Waals surface area contributed by atoms with Gasteiger partial charge < -0.3 is 9.42 Å². The maximum atomic E-state index is 12.7. The predicted octanol–water partition coefficient (Wildman–Crippen LogP) is 2.85. The predicted molar refractivity (Wildman–Crippen MR) is 86.9 cm³/mol. The number of carbonyl (C=O) groups is 1. The average molecular weight is 320 g/mol. The van der Waals surface area contributed by atoms with Crippen LogP contribution in [0.3, 0.4) is 0 Å². The van der Waals surface area contributed by atoms with Crippen LogP contribution in [-0.2, 0) is 19.5 Å². The minimum absolute atomic E-state index is 0.180. The summed E-state index contributed by atoms with van der Waals surface area (Å²) >= 11 is 0. The molecule has 0 radical (unpaired) electrons. The molecule has 0 atom stereocenters. The van der Waals surface area contributed by atoms with Crippen LogP contribution in [0.25, 0.3) is 11.3 Å². The van der Waals surface area contributed by atoms with Gasteiger partial charge in [-0.1, -0.05) is 42.4 Å². The molecule has 3 heterocycles. The third kappa shape index (κ3) is 2.56. The van der Waals surface area contributed by atoms with Crippen molar-refractivity contribution in [1.29, 1.82) is 0 Å². The van der Waals surface area contributed by atoms with Crippen LogP contribution in [0.2, 0.25) is 0 Å². The van der Waals surface area contributed by atoms with Gasteiger partial charge in [0.15, 0.2) is 0 Å². The SMILES string of the molecule is CCc1ncc2c(n1)CN(C(=O)c1cc(-c3ccccc3)no1)C2. The first-order chi connectivity index (χ1) is 11.7. The second kappa shape index (κ2) is 5.88. The minimum atomic E-state index is -0.180. The van der Waals surface area contributed by atoms with Gasteiger partial charge in [0, 0.05) is 36.4 Å². The van der Waals surface area contributed by atoms with E-state index in [4.69, 9.17) is 4.52 Å². The van der Waals surface area contributed by atoms with Gasteiger partial charge >= 0.3 is 0 Å². The van der Waals surface area contributed by atoms with E-state index in [2.05, 4.69) is 15.1 Å². The highest BCUT2D eigenvalue weighted by atomic mass is 16.5. The van der Waals surface area contributed by atoms with Gasteiger partial charge in [-0.25, -0.2) is 9.97 Å². The molecule has 0 saturated carbocycles. The fourth-order valence-corrected chi connectivity index (χ4v) is 2.79. The molecule has 1 aliphatic heterocycles. The molecule has 6 nitrogen and oxygen atoms in total. The standard InChI is InChI=1S/C18H16N4O2/c1-2-17-19-9-13-10-22(11-15(13)20-17)18(23)16-8-14(21-24-16)12-6-4-3-5-7-12/h3-9H,2,10-11H2,1H3. The van der Waals surface area contributed by atoms with Gasteiger partial charge in [0.25, 0.3) is 5.91 Å². The van der Waals surface area contributed by atoms with Crippen molar-refractivity contribution in [3.05, 3.63) is 65.4 Å². The number of fused-ring (bicyclic) bond motifs is 1. The van der Waals surface area contributed by atoms with Crippen LogP contribution < -0.4 is 0 Å². The lowest BCUT2D eigenvalue weighted by molar-refractivity contribution is 0.0708. The maximum Gasteiger partial charge on any atom is 0.293 e. The molecule has 1 amide bonds. The van der Waals surface area contributed by atoms with Crippen LogP contribution in [0, 0.1) is 0 Å². The van der Waals surface area contributed by atoms with Crippen LogP contribution in [0.1, 0.15) is 34.6 Å². The summed E-state index contributed by atoms with van der Waals surface area (Å²) in [5.74, 6) is 0.861. The Hall–Kier alpha value is -3.02. The van der Waals surface area contributed by atoms with Crippen LogP contribution in [0.15, 0.2) is 47.1 Å². The third-order valence-corrected chi connectivity index (χ3v) is 4.10. The largest absolute Gasteiger partial charge is 0.350 e. The lowest BCUT2D eigenvalue weighted by Crippen LogP contribution is -2.24. The summed E-state index contributed by atoms with van der Waals surface area (Å²) in [5.41, 5.74) is 3.48. The Bertz CT molecular complexity index is 889. The quantitative estimate of drug-likeness (QED) is 0.742. The van der Waals surface area contributed by atoms with Gasteiger partial charge in [0.1, 0.15) is 11.5 Å². The second-order valence-corrected chi connectivity index (χ2v) is 5.72. The fourth-order valence-electron chi connectivity index (χ4n) is 2.79. The Morgan fingerprint density at radius 2 is 2.08 bits per heavy atom. The average Bonchev–Trinajstić information content (AvgIpc) is 3.28. The molecule has 0 N–H and O–H groups in total. The Labute approximate surface area is 139 Å². The molecule has 0 fully saturated rings. The highest BCUT2D eigenvalue weighted by Gasteiger charge is 2.28. The summed E-state index contributed by atoms with van der Waals surface area (Å²) in [5, 5.41) is 4.00. The summed E-state index contributed by atoms with van der Waals surface area (Å²) in [6.45, 7) is 2.99. The van der Waals surface area contributed by atoms with E-state index in [0.29, 0.717) is 18.8 Å². The normalized spacial score (nSPS) is 13.1. The first-order valence-electron chi connectivity index (χ1n) is 7.89. The van der Waals surface area contributed by atoms with Crippen LogP contribution >= 0.6 is 0 Å². The molecule has 2 aromatic heterocycles. The van der Waals surface area contributed by atoms with E-state index in [1.54, 1.807) is 11.0 Å². The van der Waals surface area contributed by atoms with Crippen molar-refractivity contribution in [2.24, 2.45) is 0 Å². The van der Waals surface area contributed by atoms with Crippen molar-refractivity contribution >= 4 is 5.91 Å². The molecule has 6 heteroatoms. The lowest BCUT2D eigenvalue weighted by Gasteiger charge is -2.11. The summed E-state index contributed by atoms with van der Waals surface area (Å²) < 4.78 is 5.26. The molecule has 120 valence electrons. The molecule has 0 unspecified atom stereocenters. The molecular weight excluding hydrogens is 304 g/mol. The molecule has 0 aliphatic carbocycles. The molecule has 0 saturated heterocycles. The Kier molecular flexibility index (Phi) is 3.57. The zero-order valence-corrected chi connectivity index (χ0v) is 13.3. The highest BCUT2D eigenvalue weighted by Crippen LogP contribution is 2.24. The Morgan fingerprint density at radius 1 is 1.25 bits per heavy atom. The summed E-state index contributed by atoms with van der Waals surface area (Å²) in [6, 6.07) is 11.3. The van der Waals surface area contributed by atoms with Gasteiger partial charge in [0.05, 0.1) is 12.2 Å². The summed E-state index contributed by atoms with van der Waals surface area (Å²) in [6.07, 6.45) is 2.59. The van der Waals surface area contributed by atoms with Crippen molar-refractivity contribution in [2.45, 2.75) is 26.4 Å². The summed E-state index contributed by atoms with van der Waals surface area (Å²) in [7, 11) is 0. The number of hydrogen-bond donors (Lipinski definition) is 0.